The summed E-state index contributed by atoms with van der Waals surface area (Å²) >= 11 is 0. The molecule has 66 valence electrons. The molecule has 0 radical (unpaired) electrons. The molecule has 2 atom stereocenters. The zero-order valence-corrected chi connectivity index (χ0v) is 8.70. The van der Waals surface area contributed by atoms with Crippen LogP contribution in [0.5, 0.6) is 0 Å². The molecule has 0 aromatic heterocycles. The summed E-state index contributed by atoms with van der Waals surface area (Å²) < 4.78 is 0. The standard InChI is InChI=1S/C10H15OP/c1-7-5-9(8(2)6-11)3-4-10(7)12/h3-5,8,11H,6,12H2,1-2H3. The fraction of sp³-hybridized carbons (Fsp3) is 0.400. The Morgan fingerprint density at radius 2 is 2.17 bits per heavy atom. The first kappa shape index (κ1) is 9.70. The van der Waals surface area contributed by atoms with Gasteiger partial charge in [-0.3, -0.25) is 0 Å². The molecule has 0 aliphatic rings. The third-order valence-electron chi connectivity index (χ3n) is 2.14. The minimum Gasteiger partial charge on any atom is -0.396 e. The van der Waals surface area contributed by atoms with Crippen molar-refractivity contribution < 1.29 is 5.11 Å². The summed E-state index contributed by atoms with van der Waals surface area (Å²) in [6, 6.07) is 6.26. The largest absolute Gasteiger partial charge is 0.396 e. The number of aliphatic hydroxyl groups is 1. The quantitative estimate of drug-likeness (QED) is 0.689. The van der Waals surface area contributed by atoms with Crippen LogP contribution in [0, 0.1) is 6.92 Å². The van der Waals surface area contributed by atoms with Crippen LogP contribution in [0.25, 0.3) is 0 Å². The van der Waals surface area contributed by atoms with E-state index in [-0.39, 0.29) is 12.5 Å². The van der Waals surface area contributed by atoms with E-state index in [1.807, 2.05) is 6.92 Å². The molecule has 1 aromatic carbocycles. The molecule has 2 unspecified atom stereocenters. The highest BCUT2D eigenvalue weighted by Crippen LogP contribution is 2.15. The summed E-state index contributed by atoms with van der Waals surface area (Å²) in [4.78, 5) is 0. The van der Waals surface area contributed by atoms with E-state index in [0.29, 0.717) is 0 Å². The predicted molar refractivity (Wildman–Crippen MR) is 56.0 cm³/mol. The van der Waals surface area contributed by atoms with Crippen LogP contribution in [-0.2, 0) is 0 Å². The Hall–Kier alpha value is -0.390. The van der Waals surface area contributed by atoms with Gasteiger partial charge in [-0.05, 0) is 23.4 Å². The van der Waals surface area contributed by atoms with Crippen molar-refractivity contribution >= 4 is 14.5 Å². The SMILES string of the molecule is Cc1cc(C(C)CO)ccc1P. The molecule has 0 heterocycles. The maximum atomic E-state index is 8.94. The molecule has 0 aliphatic heterocycles. The Morgan fingerprint density at radius 3 is 2.67 bits per heavy atom. The summed E-state index contributed by atoms with van der Waals surface area (Å²) in [5, 5.41) is 10.2. The lowest BCUT2D eigenvalue weighted by Gasteiger charge is -2.09. The first-order valence-corrected chi connectivity index (χ1v) is 4.69. The minimum absolute atomic E-state index is 0.218. The number of rotatable bonds is 2. The van der Waals surface area contributed by atoms with E-state index in [2.05, 4.69) is 34.4 Å². The van der Waals surface area contributed by atoms with E-state index in [4.69, 9.17) is 5.11 Å². The van der Waals surface area contributed by atoms with Gasteiger partial charge in [-0.15, -0.1) is 9.24 Å². The average molecular weight is 182 g/mol. The Morgan fingerprint density at radius 1 is 1.50 bits per heavy atom. The second-order valence-corrected chi connectivity index (χ2v) is 3.82. The normalized spacial score (nSPS) is 13.0. The van der Waals surface area contributed by atoms with Crippen LogP contribution >= 0.6 is 9.24 Å². The number of hydrogen-bond acceptors (Lipinski definition) is 1. The van der Waals surface area contributed by atoms with Crippen LogP contribution in [0.1, 0.15) is 24.0 Å². The van der Waals surface area contributed by atoms with Crippen molar-refractivity contribution in [2.75, 3.05) is 6.61 Å². The molecule has 1 rings (SSSR count). The zero-order chi connectivity index (χ0) is 9.14. The zero-order valence-electron chi connectivity index (χ0n) is 7.54. The van der Waals surface area contributed by atoms with Crippen molar-refractivity contribution in [1.82, 2.24) is 0 Å². The van der Waals surface area contributed by atoms with Gasteiger partial charge in [0.25, 0.3) is 0 Å². The molecule has 2 heteroatoms. The van der Waals surface area contributed by atoms with Crippen LogP contribution in [0.3, 0.4) is 0 Å². The summed E-state index contributed by atoms with van der Waals surface area (Å²) in [7, 11) is 2.69. The topological polar surface area (TPSA) is 20.2 Å². The summed E-state index contributed by atoms with van der Waals surface area (Å²) in [5.41, 5.74) is 2.47. The molecule has 1 nitrogen and oxygen atoms in total. The molecule has 0 spiro atoms. The molecule has 0 amide bonds. The fourth-order valence-electron chi connectivity index (χ4n) is 1.11. The van der Waals surface area contributed by atoms with Crippen LogP contribution in [0.15, 0.2) is 18.2 Å². The summed E-state index contributed by atoms with van der Waals surface area (Å²) in [5.74, 6) is 0.245. The maximum absolute atomic E-state index is 8.94. The molecular formula is C10H15OP. The molecule has 0 saturated heterocycles. The molecule has 0 saturated carbocycles. The van der Waals surface area contributed by atoms with Gasteiger partial charge in [-0.25, -0.2) is 0 Å². The van der Waals surface area contributed by atoms with Crippen LogP contribution in [0.2, 0.25) is 0 Å². The highest BCUT2D eigenvalue weighted by Gasteiger charge is 2.03. The van der Waals surface area contributed by atoms with Crippen molar-refractivity contribution in [1.29, 1.82) is 0 Å². The molecule has 0 bridgehead atoms. The van der Waals surface area contributed by atoms with Crippen LogP contribution in [0.4, 0.5) is 0 Å². The fourth-order valence-corrected chi connectivity index (χ4v) is 1.29. The number of aryl methyl sites for hydroxylation is 1. The highest BCUT2D eigenvalue weighted by atomic mass is 31.0. The molecular weight excluding hydrogens is 167 g/mol. The second-order valence-electron chi connectivity index (χ2n) is 3.20. The first-order valence-electron chi connectivity index (χ1n) is 4.12. The predicted octanol–water partition coefficient (Wildman–Crippen LogP) is 1.59. The van der Waals surface area contributed by atoms with Gasteiger partial charge >= 0.3 is 0 Å². The van der Waals surface area contributed by atoms with Gasteiger partial charge in [0.1, 0.15) is 0 Å². The first-order chi connectivity index (χ1) is 5.65. The van der Waals surface area contributed by atoms with Gasteiger partial charge in [-0.1, -0.05) is 25.1 Å². The Kier molecular flexibility index (Phi) is 3.25. The monoisotopic (exact) mass is 182 g/mol. The lowest BCUT2D eigenvalue weighted by atomic mass is 10.0. The number of benzene rings is 1. The van der Waals surface area contributed by atoms with Crippen molar-refractivity contribution in [2.24, 2.45) is 0 Å². The molecule has 0 aliphatic carbocycles. The summed E-state index contributed by atoms with van der Waals surface area (Å²) in [6.45, 7) is 4.32. The van der Waals surface area contributed by atoms with E-state index >= 15 is 0 Å². The van der Waals surface area contributed by atoms with Gasteiger partial charge < -0.3 is 5.11 Å². The van der Waals surface area contributed by atoms with E-state index in [1.165, 1.54) is 16.4 Å². The van der Waals surface area contributed by atoms with E-state index in [0.717, 1.165) is 0 Å². The van der Waals surface area contributed by atoms with Gasteiger partial charge in [0.2, 0.25) is 0 Å². The third kappa shape index (κ3) is 2.06. The minimum atomic E-state index is 0.218. The lowest BCUT2D eigenvalue weighted by molar-refractivity contribution is 0.273. The third-order valence-corrected chi connectivity index (χ3v) is 2.78. The smallest absolute Gasteiger partial charge is 0.0497 e. The van der Waals surface area contributed by atoms with Crippen LogP contribution in [-0.4, -0.2) is 11.7 Å². The average Bonchev–Trinajstić information content (AvgIpc) is 2.08. The Balaban J connectivity index is 2.96. The number of hydrogen-bond donors (Lipinski definition) is 1. The van der Waals surface area contributed by atoms with Gasteiger partial charge in [0, 0.05) is 12.5 Å². The number of aliphatic hydroxyl groups excluding tert-OH is 1. The molecule has 12 heavy (non-hydrogen) atoms. The van der Waals surface area contributed by atoms with Gasteiger partial charge in [0.05, 0.1) is 0 Å². The van der Waals surface area contributed by atoms with Gasteiger partial charge in [-0.2, -0.15) is 0 Å². The van der Waals surface area contributed by atoms with Crippen molar-refractivity contribution in [3.05, 3.63) is 29.3 Å². The Labute approximate surface area is 76.0 Å². The highest BCUT2D eigenvalue weighted by molar-refractivity contribution is 7.27. The van der Waals surface area contributed by atoms with Gasteiger partial charge in [0.15, 0.2) is 0 Å². The van der Waals surface area contributed by atoms with Crippen molar-refractivity contribution in [3.8, 4) is 0 Å². The lowest BCUT2D eigenvalue weighted by Crippen LogP contribution is -2.03. The van der Waals surface area contributed by atoms with Crippen molar-refractivity contribution in [3.63, 3.8) is 0 Å². The summed E-state index contributed by atoms with van der Waals surface area (Å²) in [6.07, 6.45) is 0. The van der Waals surface area contributed by atoms with Crippen molar-refractivity contribution in [2.45, 2.75) is 19.8 Å². The molecule has 1 aromatic rings. The Bertz CT molecular complexity index is 271. The van der Waals surface area contributed by atoms with E-state index < -0.39 is 0 Å². The van der Waals surface area contributed by atoms with Crippen LogP contribution < -0.4 is 5.30 Å². The van der Waals surface area contributed by atoms with E-state index in [9.17, 15) is 0 Å². The maximum Gasteiger partial charge on any atom is 0.0497 e. The molecule has 1 N–H and O–H groups in total. The van der Waals surface area contributed by atoms with E-state index in [1.54, 1.807) is 0 Å². The second kappa shape index (κ2) is 4.02. The molecule has 0 fully saturated rings.